The van der Waals surface area contributed by atoms with Gasteiger partial charge in [-0.2, -0.15) is 0 Å². The van der Waals surface area contributed by atoms with Crippen molar-refractivity contribution in [2.45, 2.75) is 19.8 Å². The van der Waals surface area contributed by atoms with Crippen molar-refractivity contribution in [3.8, 4) is 0 Å². The Balaban J connectivity index is 2.59. The molecule has 2 heteroatoms. The molecule has 1 atom stereocenters. The largest absolute Gasteiger partial charge is 0.245 e. The van der Waals surface area contributed by atoms with Gasteiger partial charge in [0, 0.05) is 5.92 Å². The van der Waals surface area contributed by atoms with Gasteiger partial charge in [-0.15, -0.1) is 0 Å². The molecule has 1 rings (SSSR count). The predicted octanol–water partition coefficient (Wildman–Crippen LogP) is 2.98. The predicted molar refractivity (Wildman–Crippen MR) is 41.3 cm³/mol. The van der Waals surface area contributed by atoms with Gasteiger partial charge in [0.15, 0.2) is 0 Å². The molecule has 61 valence electrons. The van der Waals surface area contributed by atoms with E-state index in [4.69, 9.17) is 0 Å². The van der Waals surface area contributed by atoms with Crippen LogP contribution in [0.25, 0.3) is 0 Å². The maximum atomic E-state index is 12.1. The van der Waals surface area contributed by atoms with Crippen molar-refractivity contribution < 1.29 is 8.78 Å². The fourth-order valence-corrected chi connectivity index (χ4v) is 1.01. The molecule has 1 unspecified atom stereocenters. The van der Waals surface area contributed by atoms with Crippen LogP contribution in [-0.4, -0.2) is 6.43 Å². The van der Waals surface area contributed by atoms with E-state index in [0.29, 0.717) is 0 Å². The molecular formula is C9H11F2. The maximum Gasteiger partial charge on any atom is 0.245 e. The second-order valence-corrected chi connectivity index (χ2v) is 2.66. The number of hydrogen-bond acceptors (Lipinski definition) is 0. The highest BCUT2D eigenvalue weighted by molar-refractivity contribution is 5.28. The van der Waals surface area contributed by atoms with E-state index >= 15 is 0 Å². The minimum Gasteiger partial charge on any atom is -0.210 e. The summed E-state index contributed by atoms with van der Waals surface area (Å²) in [7, 11) is 0. The molecule has 11 heavy (non-hydrogen) atoms. The Labute approximate surface area is 65.6 Å². The third kappa shape index (κ3) is 2.14. The molecule has 0 aromatic heterocycles. The maximum absolute atomic E-state index is 12.1. The Morgan fingerprint density at radius 1 is 1.45 bits per heavy atom. The summed E-state index contributed by atoms with van der Waals surface area (Å²) in [5, 5.41) is 0. The fourth-order valence-electron chi connectivity index (χ4n) is 1.01. The SMILES string of the molecule is CC(C1=CC[CH]C=C1)C(F)F. The van der Waals surface area contributed by atoms with Crippen molar-refractivity contribution in [2.24, 2.45) is 5.92 Å². The summed E-state index contributed by atoms with van der Waals surface area (Å²) in [6.07, 6.45) is 5.90. The van der Waals surface area contributed by atoms with Crippen molar-refractivity contribution in [3.63, 3.8) is 0 Å². The highest BCUT2D eigenvalue weighted by atomic mass is 19.3. The quantitative estimate of drug-likeness (QED) is 0.578. The molecule has 0 aromatic rings. The molecule has 0 fully saturated rings. The lowest BCUT2D eigenvalue weighted by molar-refractivity contribution is 0.105. The first kappa shape index (κ1) is 8.44. The Morgan fingerprint density at radius 3 is 2.64 bits per heavy atom. The highest BCUT2D eigenvalue weighted by Gasteiger charge is 2.17. The molecule has 0 heterocycles. The van der Waals surface area contributed by atoms with Gasteiger partial charge in [0.05, 0.1) is 0 Å². The van der Waals surface area contributed by atoms with Gasteiger partial charge >= 0.3 is 0 Å². The van der Waals surface area contributed by atoms with E-state index in [1.54, 1.807) is 13.0 Å². The third-order valence-corrected chi connectivity index (χ3v) is 1.82. The van der Waals surface area contributed by atoms with Crippen LogP contribution in [0.5, 0.6) is 0 Å². The lowest BCUT2D eigenvalue weighted by Crippen LogP contribution is -2.09. The van der Waals surface area contributed by atoms with Crippen LogP contribution in [0.15, 0.2) is 23.8 Å². The molecule has 0 bridgehead atoms. The first-order valence-electron chi connectivity index (χ1n) is 3.70. The fraction of sp³-hybridized carbons (Fsp3) is 0.444. The summed E-state index contributed by atoms with van der Waals surface area (Å²) >= 11 is 0. The number of alkyl halides is 2. The van der Waals surface area contributed by atoms with Crippen molar-refractivity contribution in [3.05, 3.63) is 30.2 Å². The van der Waals surface area contributed by atoms with Crippen LogP contribution in [0.4, 0.5) is 8.78 Å². The normalized spacial score (nSPS) is 20.2. The van der Waals surface area contributed by atoms with Crippen LogP contribution in [0.3, 0.4) is 0 Å². The molecule has 0 aromatic carbocycles. The molecule has 0 saturated carbocycles. The first-order chi connectivity index (χ1) is 5.22. The molecule has 1 aliphatic carbocycles. The van der Waals surface area contributed by atoms with Crippen LogP contribution in [0.1, 0.15) is 13.3 Å². The molecule has 0 spiro atoms. The molecule has 0 aliphatic heterocycles. The van der Waals surface area contributed by atoms with Crippen LogP contribution >= 0.6 is 0 Å². The molecule has 0 N–H and O–H groups in total. The minimum atomic E-state index is -2.25. The Kier molecular flexibility index (Phi) is 2.80. The number of halogens is 2. The molecule has 0 saturated heterocycles. The molecule has 0 amide bonds. The van der Waals surface area contributed by atoms with Gasteiger partial charge in [-0.05, 0) is 18.4 Å². The smallest absolute Gasteiger partial charge is 0.210 e. The highest BCUT2D eigenvalue weighted by Crippen LogP contribution is 2.22. The van der Waals surface area contributed by atoms with E-state index in [2.05, 4.69) is 0 Å². The van der Waals surface area contributed by atoms with Crippen molar-refractivity contribution >= 4 is 0 Å². The zero-order valence-electron chi connectivity index (χ0n) is 6.43. The van der Waals surface area contributed by atoms with Crippen LogP contribution < -0.4 is 0 Å². The zero-order chi connectivity index (χ0) is 8.27. The van der Waals surface area contributed by atoms with Gasteiger partial charge in [0.2, 0.25) is 6.43 Å². The van der Waals surface area contributed by atoms with E-state index in [1.807, 2.05) is 18.6 Å². The summed E-state index contributed by atoms with van der Waals surface area (Å²) < 4.78 is 24.3. The van der Waals surface area contributed by atoms with Crippen molar-refractivity contribution in [2.75, 3.05) is 0 Å². The van der Waals surface area contributed by atoms with Gasteiger partial charge in [0.25, 0.3) is 0 Å². The van der Waals surface area contributed by atoms with Gasteiger partial charge in [-0.1, -0.05) is 25.2 Å². The number of hydrogen-bond donors (Lipinski definition) is 0. The average molecular weight is 157 g/mol. The van der Waals surface area contributed by atoms with E-state index in [-0.39, 0.29) is 0 Å². The van der Waals surface area contributed by atoms with E-state index in [9.17, 15) is 8.78 Å². The van der Waals surface area contributed by atoms with Gasteiger partial charge in [-0.3, -0.25) is 0 Å². The van der Waals surface area contributed by atoms with E-state index in [0.717, 1.165) is 12.0 Å². The first-order valence-corrected chi connectivity index (χ1v) is 3.70. The van der Waals surface area contributed by atoms with Gasteiger partial charge in [-0.25, -0.2) is 8.78 Å². The van der Waals surface area contributed by atoms with Crippen molar-refractivity contribution in [1.29, 1.82) is 0 Å². The van der Waals surface area contributed by atoms with Crippen molar-refractivity contribution in [1.82, 2.24) is 0 Å². The number of allylic oxidation sites excluding steroid dienone is 4. The summed E-state index contributed by atoms with van der Waals surface area (Å²) in [6.45, 7) is 1.55. The van der Waals surface area contributed by atoms with Gasteiger partial charge < -0.3 is 0 Å². The third-order valence-electron chi connectivity index (χ3n) is 1.82. The summed E-state index contributed by atoms with van der Waals surface area (Å²) in [4.78, 5) is 0. The summed E-state index contributed by atoms with van der Waals surface area (Å²) in [6, 6.07) is 0. The standard InChI is InChI=1S/C9H11F2/c1-7(9(10)11)8-5-3-2-4-6-8/h2-3,5-7,9H,4H2,1H3. The van der Waals surface area contributed by atoms with E-state index < -0.39 is 12.3 Å². The summed E-state index contributed by atoms with van der Waals surface area (Å²) in [5.41, 5.74) is 0.752. The van der Waals surface area contributed by atoms with Crippen LogP contribution in [0.2, 0.25) is 0 Å². The lowest BCUT2D eigenvalue weighted by Gasteiger charge is -2.13. The second kappa shape index (κ2) is 3.65. The van der Waals surface area contributed by atoms with E-state index in [1.165, 1.54) is 0 Å². The minimum absolute atomic E-state index is 0.625. The van der Waals surface area contributed by atoms with Crippen LogP contribution in [-0.2, 0) is 0 Å². The Hall–Kier alpha value is -0.660. The summed E-state index contributed by atoms with van der Waals surface area (Å²) in [5.74, 6) is -0.625. The van der Waals surface area contributed by atoms with Gasteiger partial charge in [0.1, 0.15) is 0 Å². The molecule has 1 aliphatic rings. The molecule has 0 nitrogen and oxygen atoms in total. The lowest BCUT2D eigenvalue weighted by atomic mass is 9.96. The second-order valence-electron chi connectivity index (χ2n) is 2.66. The van der Waals surface area contributed by atoms with Crippen LogP contribution in [0, 0.1) is 12.3 Å². The molecular weight excluding hydrogens is 146 g/mol. The monoisotopic (exact) mass is 157 g/mol. The Morgan fingerprint density at radius 2 is 2.18 bits per heavy atom. The topological polar surface area (TPSA) is 0 Å². The number of rotatable bonds is 2. The average Bonchev–Trinajstić information content (AvgIpc) is 2.05. The Bertz CT molecular complexity index is 180. The molecule has 1 radical (unpaired) electrons. The zero-order valence-corrected chi connectivity index (χ0v) is 6.43.